The van der Waals surface area contributed by atoms with Crippen LogP contribution in [0.3, 0.4) is 0 Å². The predicted octanol–water partition coefficient (Wildman–Crippen LogP) is 3.30. The van der Waals surface area contributed by atoms with Crippen LogP contribution in [-0.4, -0.2) is 11.9 Å². The van der Waals surface area contributed by atoms with Crippen LogP contribution in [0, 0.1) is 0 Å². The maximum atomic E-state index is 11.5. The van der Waals surface area contributed by atoms with Crippen molar-refractivity contribution in [2.45, 2.75) is 44.5 Å². The van der Waals surface area contributed by atoms with Crippen LogP contribution in [0.4, 0.5) is 0 Å². The second-order valence-corrected chi connectivity index (χ2v) is 5.21. The third-order valence-electron chi connectivity index (χ3n) is 2.88. The van der Waals surface area contributed by atoms with Crippen LogP contribution in [0.2, 0.25) is 0 Å². The molecule has 0 aliphatic heterocycles. The monoisotopic (exact) mass is 341 g/mol. The standard InChI is InChI=1S/C15H20BrNO3/c1-2-3-4-5-14(18)20-10-12-6-11(9-16)7-13(8-12)15(17)19/h6-8H,2-5,9-10H2,1H3,(H2,17,19). The van der Waals surface area contributed by atoms with Crippen LogP contribution >= 0.6 is 15.9 Å². The maximum Gasteiger partial charge on any atom is 0.306 e. The first-order valence-electron chi connectivity index (χ1n) is 6.71. The summed E-state index contributed by atoms with van der Waals surface area (Å²) in [5.41, 5.74) is 7.42. The summed E-state index contributed by atoms with van der Waals surface area (Å²) in [7, 11) is 0. The largest absolute Gasteiger partial charge is 0.461 e. The molecular formula is C15H20BrNO3. The number of ether oxygens (including phenoxy) is 1. The van der Waals surface area contributed by atoms with E-state index in [4.69, 9.17) is 10.5 Å². The average Bonchev–Trinajstić information content (AvgIpc) is 2.45. The molecule has 0 heterocycles. The van der Waals surface area contributed by atoms with E-state index in [0.29, 0.717) is 17.3 Å². The number of esters is 1. The van der Waals surface area contributed by atoms with Crippen molar-refractivity contribution < 1.29 is 14.3 Å². The zero-order valence-electron chi connectivity index (χ0n) is 11.7. The van der Waals surface area contributed by atoms with Crippen LogP contribution in [0.15, 0.2) is 18.2 Å². The van der Waals surface area contributed by atoms with Crippen molar-refractivity contribution >= 4 is 27.8 Å². The Morgan fingerprint density at radius 2 is 1.90 bits per heavy atom. The summed E-state index contributed by atoms with van der Waals surface area (Å²) >= 11 is 3.34. The molecule has 5 heteroatoms. The van der Waals surface area contributed by atoms with Gasteiger partial charge in [0.25, 0.3) is 0 Å². The third-order valence-corrected chi connectivity index (χ3v) is 3.52. The Morgan fingerprint density at radius 1 is 1.20 bits per heavy atom. The molecule has 4 nitrogen and oxygen atoms in total. The predicted molar refractivity (Wildman–Crippen MR) is 81.5 cm³/mol. The molecule has 0 aliphatic rings. The number of primary amides is 1. The third kappa shape index (κ3) is 5.74. The number of amides is 1. The topological polar surface area (TPSA) is 69.4 Å². The molecule has 20 heavy (non-hydrogen) atoms. The Kier molecular flexibility index (Phi) is 7.30. The summed E-state index contributed by atoms with van der Waals surface area (Å²) in [6.45, 7) is 2.26. The van der Waals surface area contributed by atoms with Gasteiger partial charge >= 0.3 is 5.97 Å². The lowest BCUT2D eigenvalue weighted by atomic mass is 10.1. The van der Waals surface area contributed by atoms with E-state index >= 15 is 0 Å². The van der Waals surface area contributed by atoms with Crippen molar-refractivity contribution in [3.8, 4) is 0 Å². The molecule has 0 spiro atoms. The fraction of sp³-hybridized carbons (Fsp3) is 0.467. The van der Waals surface area contributed by atoms with Gasteiger partial charge in [0.1, 0.15) is 6.61 Å². The molecule has 0 radical (unpaired) electrons. The lowest BCUT2D eigenvalue weighted by Gasteiger charge is -2.08. The van der Waals surface area contributed by atoms with Crippen molar-refractivity contribution in [1.82, 2.24) is 0 Å². The highest BCUT2D eigenvalue weighted by Gasteiger charge is 2.08. The van der Waals surface area contributed by atoms with Crippen molar-refractivity contribution in [3.63, 3.8) is 0 Å². The first kappa shape index (κ1) is 16.7. The fourth-order valence-corrected chi connectivity index (χ4v) is 2.14. The Balaban J connectivity index is 2.60. The second kappa shape index (κ2) is 8.74. The van der Waals surface area contributed by atoms with Gasteiger partial charge in [-0.15, -0.1) is 0 Å². The first-order chi connectivity index (χ1) is 9.56. The van der Waals surface area contributed by atoms with Crippen molar-refractivity contribution in [2.75, 3.05) is 0 Å². The first-order valence-corrected chi connectivity index (χ1v) is 7.83. The van der Waals surface area contributed by atoms with Gasteiger partial charge < -0.3 is 10.5 Å². The van der Waals surface area contributed by atoms with Crippen molar-refractivity contribution in [1.29, 1.82) is 0 Å². The lowest BCUT2D eigenvalue weighted by molar-refractivity contribution is -0.145. The van der Waals surface area contributed by atoms with E-state index < -0.39 is 5.91 Å². The van der Waals surface area contributed by atoms with E-state index in [1.165, 1.54) is 0 Å². The summed E-state index contributed by atoms with van der Waals surface area (Å²) in [4.78, 5) is 22.8. The van der Waals surface area contributed by atoms with Gasteiger partial charge in [-0.2, -0.15) is 0 Å². The number of hydrogen-bond acceptors (Lipinski definition) is 3. The van der Waals surface area contributed by atoms with E-state index in [0.717, 1.165) is 30.4 Å². The molecule has 0 unspecified atom stereocenters. The van der Waals surface area contributed by atoms with E-state index in [-0.39, 0.29) is 12.6 Å². The molecule has 2 N–H and O–H groups in total. The molecule has 1 rings (SSSR count). The minimum atomic E-state index is -0.483. The maximum absolute atomic E-state index is 11.5. The summed E-state index contributed by atoms with van der Waals surface area (Å²) in [5, 5.41) is 0.617. The SMILES string of the molecule is CCCCCC(=O)OCc1cc(CBr)cc(C(N)=O)c1. The summed E-state index contributed by atoms with van der Waals surface area (Å²) in [6, 6.07) is 5.28. The van der Waals surface area contributed by atoms with Gasteiger partial charge in [-0.05, 0) is 29.7 Å². The highest BCUT2D eigenvalue weighted by Crippen LogP contribution is 2.14. The molecule has 1 amide bonds. The van der Waals surface area contributed by atoms with Crippen LogP contribution in [0.5, 0.6) is 0 Å². The Labute approximate surface area is 127 Å². The molecule has 0 saturated heterocycles. The van der Waals surface area contributed by atoms with Gasteiger partial charge in [0.15, 0.2) is 0 Å². The van der Waals surface area contributed by atoms with Crippen molar-refractivity contribution in [2.24, 2.45) is 5.73 Å². The number of nitrogens with two attached hydrogens (primary N) is 1. The number of benzene rings is 1. The quantitative estimate of drug-likeness (QED) is 0.448. The van der Waals surface area contributed by atoms with Crippen molar-refractivity contribution in [3.05, 3.63) is 34.9 Å². The normalized spacial score (nSPS) is 10.3. The van der Waals surface area contributed by atoms with Gasteiger partial charge in [-0.3, -0.25) is 9.59 Å². The second-order valence-electron chi connectivity index (χ2n) is 4.65. The van der Waals surface area contributed by atoms with E-state index in [1.54, 1.807) is 12.1 Å². The van der Waals surface area contributed by atoms with Crippen LogP contribution < -0.4 is 5.73 Å². The van der Waals surface area contributed by atoms with Gasteiger partial charge in [-0.1, -0.05) is 41.8 Å². The molecule has 0 fully saturated rings. The Hall–Kier alpha value is -1.36. The molecule has 0 saturated carbocycles. The number of carbonyl (C=O) groups excluding carboxylic acids is 2. The van der Waals surface area contributed by atoms with Gasteiger partial charge in [0.05, 0.1) is 0 Å². The zero-order chi connectivity index (χ0) is 15.0. The van der Waals surface area contributed by atoms with E-state index in [9.17, 15) is 9.59 Å². The number of alkyl halides is 1. The zero-order valence-corrected chi connectivity index (χ0v) is 13.2. The molecule has 1 aromatic rings. The van der Waals surface area contributed by atoms with E-state index in [1.807, 2.05) is 6.07 Å². The number of carbonyl (C=O) groups is 2. The number of rotatable bonds is 8. The molecular weight excluding hydrogens is 322 g/mol. The fourth-order valence-electron chi connectivity index (χ4n) is 1.82. The van der Waals surface area contributed by atoms with Crippen LogP contribution in [0.1, 0.15) is 54.1 Å². The number of halogens is 1. The molecule has 110 valence electrons. The minimum absolute atomic E-state index is 0.173. The summed E-state index contributed by atoms with van der Waals surface area (Å²) in [5.74, 6) is -0.688. The van der Waals surface area contributed by atoms with E-state index in [2.05, 4.69) is 22.9 Å². The summed E-state index contributed by atoms with van der Waals surface area (Å²) in [6.07, 6.45) is 3.39. The highest BCUT2D eigenvalue weighted by atomic mass is 79.9. The van der Waals surface area contributed by atoms with Gasteiger partial charge in [0, 0.05) is 17.3 Å². The smallest absolute Gasteiger partial charge is 0.306 e. The summed E-state index contributed by atoms with van der Waals surface area (Å²) < 4.78 is 5.20. The number of hydrogen-bond donors (Lipinski definition) is 1. The molecule has 0 aromatic heterocycles. The molecule has 0 aliphatic carbocycles. The minimum Gasteiger partial charge on any atom is -0.461 e. The Bertz CT molecular complexity index is 474. The van der Waals surface area contributed by atoms with Crippen LogP contribution in [-0.2, 0) is 21.5 Å². The van der Waals surface area contributed by atoms with Gasteiger partial charge in [-0.25, -0.2) is 0 Å². The Morgan fingerprint density at radius 3 is 2.50 bits per heavy atom. The highest BCUT2D eigenvalue weighted by molar-refractivity contribution is 9.08. The molecule has 0 atom stereocenters. The van der Waals surface area contributed by atoms with Gasteiger partial charge in [0.2, 0.25) is 5.91 Å². The lowest BCUT2D eigenvalue weighted by Crippen LogP contribution is -2.12. The molecule has 1 aromatic carbocycles. The number of unbranched alkanes of at least 4 members (excludes halogenated alkanes) is 2. The van der Waals surface area contributed by atoms with Crippen LogP contribution in [0.25, 0.3) is 0 Å². The molecule has 0 bridgehead atoms. The average molecular weight is 342 g/mol.